The smallest absolute Gasteiger partial charge is 0.126 e. The molecule has 4 atom stereocenters. The van der Waals surface area contributed by atoms with Gasteiger partial charge in [0.05, 0.1) is 18.9 Å². The van der Waals surface area contributed by atoms with Gasteiger partial charge < -0.3 is 15.0 Å². The van der Waals surface area contributed by atoms with Crippen LogP contribution in [-0.2, 0) is 4.74 Å². The first-order chi connectivity index (χ1) is 13.5. The van der Waals surface area contributed by atoms with Crippen LogP contribution in [0.4, 0.5) is 5.82 Å². The van der Waals surface area contributed by atoms with Crippen molar-refractivity contribution in [1.82, 2.24) is 19.4 Å². The van der Waals surface area contributed by atoms with Gasteiger partial charge in [0.25, 0.3) is 0 Å². The van der Waals surface area contributed by atoms with E-state index in [1.165, 1.54) is 18.7 Å². The molecule has 6 heteroatoms. The van der Waals surface area contributed by atoms with Crippen molar-refractivity contribution in [3.63, 3.8) is 0 Å². The molecular weight excluding hydrogens is 350 g/mol. The normalized spacial score (nSPS) is 30.0. The SMILES string of the molecule is Cc1cc(-c2cn(C3[C@H]4CC(N5CCOCC5)C[C@@H]34)c(C(C)C)n2)cnc1N. The van der Waals surface area contributed by atoms with Crippen LogP contribution in [0.5, 0.6) is 0 Å². The molecule has 0 radical (unpaired) electrons. The van der Waals surface area contributed by atoms with Crippen molar-refractivity contribution in [3.8, 4) is 11.3 Å². The third-order valence-corrected chi connectivity index (χ3v) is 6.95. The van der Waals surface area contributed by atoms with Crippen molar-refractivity contribution in [2.24, 2.45) is 11.8 Å². The minimum Gasteiger partial charge on any atom is -0.383 e. The Morgan fingerprint density at radius 1 is 1.18 bits per heavy atom. The molecule has 0 bridgehead atoms. The summed E-state index contributed by atoms with van der Waals surface area (Å²) < 4.78 is 8.01. The lowest BCUT2D eigenvalue weighted by Crippen LogP contribution is -2.43. The Labute approximate surface area is 167 Å². The van der Waals surface area contributed by atoms with Crippen LogP contribution in [0.3, 0.4) is 0 Å². The van der Waals surface area contributed by atoms with Gasteiger partial charge in [0.1, 0.15) is 11.6 Å². The Morgan fingerprint density at radius 3 is 2.54 bits per heavy atom. The Balaban J connectivity index is 1.36. The molecule has 3 heterocycles. The average Bonchev–Trinajstić information content (AvgIpc) is 3.06. The van der Waals surface area contributed by atoms with Gasteiger partial charge in [0, 0.05) is 49.0 Å². The summed E-state index contributed by atoms with van der Waals surface area (Å²) >= 11 is 0. The van der Waals surface area contributed by atoms with E-state index in [1.54, 1.807) is 0 Å². The Hall–Kier alpha value is -1.92. The topological polar surface area (TPSA) is 69.2 Å². The second-order valence-corrected chi connectivity index (χ2v) is 9.06. The molecule has 0 spiro atoms. The maximum absolute atomic E-state index is 5.90. The molecule has 2 saturated carbocycles. The molecule has 5 rings (SSSR count). The monoisotopic (exact) mass is 381 g/mol. The second-order valence-electron chi connectivity index (χ2n) is 9.06. The molecular formula is C22H31N5O. The fourth-order valence-corrected chi connectivity index (χ4v) is 5.37. The van der Waals surface area contributed by atoms with Crippen molar-refractivity contribution in [2.75, 3.05) is 32.0 Å². The van der Waals surface area contributed by atoms with Gasteiger partial charge >= 0.3 is 0 Å². The molecule has 0 amide bonds. The van der Waals surface area contributed by atoms with Crippen molar-refractivity contribution in [3.05, 3.63) is 29.8 Å². The molecule has 0 aromatic carbocycles. The van der Waals surface area contributed by atoms with E-state index < -0.39 is 0 Å². The fraction of sp³-hybridized carbons (Fsp3) is 0.636. The Morgan fingerprint density at radius 2 is 1.89 bits per heavy atom. The van der Waals surface area contributed by atoms with E-state index in [-0.39, 0.29) is 0 Å². The highest BCUT2D eigenvalue weighted by Crippen LogP contribution is 2.62. The Bertz CT molecular complexity index is 858. The van der Waals surface area contributed by atoms with Gasteiger partial charge in [-0.25, -0.2) is 9.97 Å². The third-order valence-electron chi connectivity index (χ3n) is 6.95. The summed E-state index contributed by atoms with van der Waals surface area (Å²) in [7, 11) is 0. The summed E-state index contributed by atoms with van der Waals surface area (Å²) in [5.41, 5.74) is 8.99. The molecule has 150 valence electrons. The zero-order valence-corrected chi connectivity index (χ0v) is 17.1. The van der Waals surface area contributed by atoms with Crippen LogP contribution < -0.4 is 5.73 Å². The first-order valence-electron chi connectivity index (χ1n) is 10.7. The number of nitrogen functional groups attached to an aromatic ring is 1. The van der Waals surface area contributed by atoms with Crippen molar-refractivity contribution < 1.29 is 4.74 Å². The molecule has 2 aliphatic carbocycles. The quantitative estimate of drug-likeness (QED) is 0.880. The fourth-order valence-electron chi connectivity index (χ4n) is 5.37. The maximum atomic E-state index is 5.90. The number of nitrogens with zero attached hydrogens (tertiary/aromatic N) is 4. The van der Waals surface area contributed by atoms with Crippen LogP contribution in [0, 0.1) is 18.8 Å². The molecule has 2 N–H and O–H groups in total. The molecule has 1 aliphatic heterocycles. The number of fused-ring (bicyclic) bond motifs is 1. The first-order valence-corrected chi connectivity index (χ1v) is 10.7. The molecule has 3 fully saturated rings. The number of pyridine rings is 1. The van der Waals surface area contributed by atoms with Crippen LogP contribution in [0.15, 0.2) is 18.5 Å². The lowest BCUT2D eigenvalue weighted by molar-refractivity contribution is 0.0146. The number of aromatic nitrogens is 3. The number of anilines is 1. The van der Waals surface area contributed by atoms with E-state index in [0.29, 0.717) is 17.8 Å². The standard InChI is InChI=1S/C22H31N5O/c1-13(2)22-25-19(15-8-14(3)21(23)24-11-15)12-27(22)20-17-9-16(10-18(17)20)26-4-6-28-7-5-26/h8,11-13,16-18,20H,4-7,9-10H2,1-3H3,(H2,23,24)/t16?,17-,18+,20?. The molecule has 28 heavy (non-hydrogen) atoms. The number of nitrogens with two attached hydrogens (primary N) is 1. The zero-order valence-electron chi connectivity index (χ0n) is 17.1. The number of imidazole rings is 1. The Kier molecular flexibility index (Phi) is 4.43. The molecule has 6 nitrogen and oxygen atoms in total. The van der Waals surface area contributed by atoms with Gasteiger partial charge in [0.15, 0.2) is 0 Å². The van der Waals surface area contributed by atoms with Gasteiger partial charge in [0.2, 0.25) is 0 Å². The summed E-state index contributed by atoms with van der Waals surface area (Å²) in [5.74, 6) is 3.82. The predicted molar refractivity (Wildman–Crippen MR) is 110 cm³/mol. The number of aryl methyl sites for hydroxylation is 1. The molecule has 2 aromatic rings. The van der Waals surface area contributed by atoms with Crippen LogP contribution in [0.2, 0.25) is 0 Å². The summed E-state index contributed by atoms with van der Waals surface area (Å²) in [5, 5.41) is 0. The minimum atomic E-state index is 0.410. The predicted octanol–water partition coefficient (Wildman–Crippen LogP) is 3.24. The molecule has 1 saturated heterocycles. The lowest BCUT2D eigenvalue weighted by atomic mass is 10.1. The molecule has 2 unspecified atom stereocenters. The highest BCUT2D eigenvalue weighted by atomic mass is 16.5. The summed E-state index contributed by atoms with van der Waals surface area (Å²) in [6, 6.07) is 3.48. The van der Waals surface area contributed by atoms with Gasteiger partial charge in [-0.1, -0.05) is 13.8 Å². The molecule has 2 aromatic heterocycles. The molecule has 3 aliphatic rings. The first kappa shape index (κ1) is 18.1. The third kappa shape index (κ3) is 3.03. The van der Waals surface area contributed by atoms with E-state index in [2.05, 4.69) is 40.6 Å². The van der Waals surface area contributed by atoms with Gasteiger partial charge in [-0.3, -0.25) is 4.90 Å². The summed E-state index contributed by atoms with van der Waals surface area (Å²) in [4.78, 5) is 12.0. The van der Waals surface area contributed by atoms with Crippen LogP contribution in [-0.4, -0.2) is 51.8 Å². The minimum absolute atomic E-state index is 0.410. The van der Waals surface area contributed by atoms with Crippen LogP contribution in [0.1, 0.15) is 50.0 Å². The maximum Gasteiger partial charge on any atom is 0.126 e. The van der Waals surface area contributed by atoms with E-state index in [9.17, 15) is 0 Å². The highest BCUT2D eigenvalue weighted by Gasteiger charge is 2.58. The van der Waals surface area contributed by atoms with Crippen molar-refractivity contribution in [1.29, 1.82) is 0 Å². The number of hydrogen-bond donors (Lipinski definition) is 1. The van der Waals surface area contributed by atoms with E-state index >= 15 is 0 Å². The van der Waals surface area contributed by atoms with Gasteiger partial charge in [-0.05, 0) is 43.2 Å². The average molecular weight is 382 g/mol. The summed E-state index contributed by atoms with van der Waals surface area (Å²) in [6.07, 6.45) is 6.75. The van der Waals surface area contributed by atoms with Crippen LogP contribution >= 0.6 is 0 Å². The lowest BCUT2D eigenvalue weighted by Gasteiger charge is -2.33. The van der Waals surface area contributed by atoms with Crippen molar-refractivity contribution in [2.45, 2.75) is 51.6 Å². The number of ether oxygens (including phenoxy) is 1. The van der Waals surface area contributed by atoms with Gasteiger partial charge in [-0.2, -0.15) is 0 Å². The second kappa shape index (κ2) is 6.85. The van der Waals surface area contributed by atoms with E-state index in [4.69, 9.17) is 15.5 Å². The largest absolute Gasteiger partial charge is 0.383 e. The zero-order chi connectivity index (χ0) is 19.4. The van der Waals surface area contributed by atoms with Crippen molar-refractivity contribution >= 4 is 5.82 Å². The van der Waals surface area contributed by atoms with Gasteiger partial charge in [-0.15, -0.1) is 0 Å². The number of hydrogen-bond acceptors (Lipinski definition) is 5. The number of rotatable bonds is 4. The van der Waals surface area contributed by atoms with Crippen LogP contribution in [0.25, 0.3) is 11.3 Å². The van der Waals surface area contributed by atoms with E-state index in [1.807, 2.05) is 13.1 Å². The number of morpholine rings is 1. The summed E-state index contributed by atoms with van der Waals surface area (Å²) in [6.45, 7) is 10.5. The highest BCUT2D eigenvalue weighted by molar-refractivity contribution is 5.61. The van der Waals surface area contributed by atoms with E-state index in [0.717, 1.165) is 61.0 Å².